The van der Waals surface area contributed by atoms with Gasteiger partial charge in [-0.25, -0.2) is 23.2 Å². The Morgan fingerprint density at radius 2 is 1.55 bits per heavy atom. The fourth-order valence-corrected chi connectivity index (χ4v) is 7.53. The van der Waals surface area contributed by atoms with Gasteiger partial charge in [-0.15, -0.1) is 0 Å². The van der Waals surface area contributed by atoms with Crippen LogP contribution in [0.5, 0.6) is 17.2 Å². The van der Waals surface area contributed by atoms with Crippen LogP contribution in [0, 0.1) is 17.5 Å². The molecule has 1 amide bonds. The normalized spacial score (nSPS) is 18.0. The summed E-state index contributed by atoms with van der Waals surface area (Å²) in [6, 6.07) is 21.8. The van der Waals surface area contributed by atoms with Crippen molar-refractivity contribution in [3.8, 4) is 17.2 Å². The van der Waals surface area contributed by atoms with E-state index < -0.39 is 17.0 Å². The van der Waals surface area contributed by atoms with Crippen molar-refractivity contribution in [2.45, 2.75) is 24.8 Å². The summed E-state index contributed by atoms with van der Waals surface area (Å²) in [6.07, 6.45) is 1.25. The number of aromatic nitrogens is 2. The molecule has 1 unspecified atom stereocenters. The lowest BCUT2D eigenvalue weighted by Gasteiger charge is -2.37. The van der Waals surface area contributed by atoms with Crippen molar-refractivity contribution in [2.75, 3.05) is 72.6 Å². The molecule has 13 heteroatoms. The van der Waals surface area contributed by atoms with Crippen LogP contribution in [0.4, 0.5) is 19.1 Å². The van der Waals surface area contributed by atoms with E-state index in [0.717, 1.165) is 42.8 Å². The maximum atomic E-state index is 14.7. The Hall–Kier alpha value is -5.27. The molecule has 1 N–H and O–H groups in total. The molecular formula is C40H43F3N6O4. The summed E-state index contributed by atoms with van der Waals surface area (Å²) in [6.45, 7) is 5.04. The van der Waals surface area contributed by atoms with Crippen LogP contribution in [0.3, 0.4) is 0 Å². The number of piperazine rings is 1. The SMILES string of the molecule is COc1cc(C(=O)N2CCC(CCN3CCN(Nc4nc5ccccc5n4Cc4ccc(F)cc4)CC3)(c3ccc(F)c(F)c3)C2)cc(OC)c1OC. The van der Waals surface area contributed by atoms with Crippen LogP contribution in [-0.4, -0.2) is 97.4 Å². The second-order valence-electron chi connectivity index (χ2n) is 13.6. The zero-order chi connectivity index (χ0) is 37.1. The number of halogens is 3. The number of fused-ring (bicyclic) bond motifs is 1. The Morgan fingerprint density at radius 3 is 2.23 bits per heavy atom. The molecule has 10 nitrogen and oxygen atoms in total. The average Bonchev–Trinajstić information content (AvgIpc) is 3.77. The zero-order valence-electron chi connectivity index (χ0n) is 30.1. The smallest absolute Gasteiger partial charge is 0.254 e. The molecule has 53 heavy (non-hydrogen) atoms. The van der Waals surface area contributed by atoms with E-state index in [0.29, 0.717) is 73.3 Å². The monoisotopic (exact) mass is 728 g/mol. The molecule has 5 aromatic rings. The fraction of sp³-hybridized carbons (Fsp3) is 0.350. The molecule has 3 heterocycles. The van der Waals surface area contributed by atoms with E-state index in [-0.39, 0.29) is 11.7 Å². The number of hydrazine groups is 1. The van der Waals surface area contributed by atoms with Gasteiger partial charge in [0.05, 0.1) is 38.9 Å². The van der Waals surface area contributed by atoms with Gasteiger partial charge in [0.1, 0.15) is 5.82 Å². The highest BCUT2D eigenvalue weighted by molar-refractivity contribution is 5.96. The first kappa shape index (κ1) is 36.1. The molecule has 2 aliphatic rings. The number of amides is 1. The predicted octanol–water partition coefficient (Wildman–Crippen LogP) is 6.35. The number of carbonyl (C=O) groups is 1. The number of nitrogens with zero attached hydrogens (tertiary/aromatic N) is 5. The van der Waals surface area contributed by atoms with Crippen molar-refractivity contribution in [1.29, 1.82) is 0 Å². The molecule has 1 atom stereocenters. The van der Waals surface area contributed by atoms with Crippen molar-refractivity contribution in [2.24, 2.45) is 0 Å². The Morgan fingerprint density at radius 1 is 0.830 bits per heavy atom. The minimum absolute atomic E-state index is 0.209. The molecule has 0 bridgehead atoms. The number of para-hydroxylation sites is 2. The summed E-state index contributed by atoms with van der Waals surface area (Å²) < 4.78 is 60.9. The average molecular weight is 729 g/mol. The first-order chi connectivity index (χ1) is 25.7. The second kappa shape index (κ2) is 15.4. The molecule has 0 spiro atoms. The summed E-state index contributed by atoms with van der Waals surface area (Å²) in [7, 11) is 4.50. The van der Waals surface area contributed by atoms with Crippen molar-refractivity contribution in [3.63, 3.8) is 0 Å². The number of imidazole rings is 1. The lowest BCUT2D eigenvalue weighted by atomic mass is 9.76. The van der Waals surface area contributed by atoms with Crippen LogP contribution in [0.1, 0.15) is 34.3 Å². The minimum Gasteiger partial charge on any atom is -0.493 e. The van der Waals surface area contributed by atoms with E-state index >= 15 is 0 Å². The highest BCUT2D eigenvalue weighted by Gasteiger charge is 2.42. The summed E-state index contributed by atoms with van der Waals surface area (Å²) in [5, 5.41) is 2.15. The highest BCUT2D eigenvalue weighted by atomic mass is 19.2. The Kier molecular flexibility index (Phi) is 10.5. The molecule has 0 aliphatic carbocycles. The summed E-state index contributed by atoms with van der Waals surface area (Å²) in [5.41, 5.74) is 6.83. The van der Waals surface area contributed by atoms with Gasteiger partial charge in [0.2, 0.25) is 11.7 Å². The largest absolute Gasteiger partial charge is 0.493 e. The first-order valence-electron chi connectivity index (χ1n) is 17.7. The van der Waals surface area contributed by atoms with Gasteiger partial charge in [0, 0.05) is 50.2 Å². The maximum absolute atomic E-state index is 14.7. The molecule has 2 saturated heterocycles. The molecule has 0 saturated carbocycles. The molecule has 0 radical (unpaired) electrons. The molecule has 7 rings (SSSR count). The fourth-order valence-electron chi connectivity index (χ4n) is 7.53. The van der Waals surface area contributed by atoms with Gasteiger partial charge in [-0.05, 0) is 79.0 Å². The van der Waals surface area contributed by atoms with Crippen LogP contribution in [-0.2, 0) is 12.0 Å². The van der Waals surface area contributed by atoms with E-state index in [1.54, 1.807) is 35.2 Å². The lowest BCUT2D eigenvalue weighted by Crippen LogP contribution is -2.50. The molecule has 4 aromatic carbocycles. The second-order valence-corrected chi connectivity index (χ2v) is 13.6. The molecular weight excluding hydrogens is 685 g/mol. The molecule has 2 aliphatic heterocycles. The van der Waals surface area contributed by atoms with Gasteiger partial charge in [0.15, 0.2) is 23.1 Å². The Bertz CT molecular complexity index is 2060. The van der Waals surface area contributed by atoms with E-state index in [9.17, 15) is 18.0 Å². The van der Waals surface area contributed by atoms with Crippen LogP contribution in [0.2, 0.25) is 0 Å². The van der Waals surface area contributed by atoms with E-state index in [1.165, 1.54) is 45.6 Å². The van der Waals surface area contributed by atoms with Crippen LogP contribution < -0.4 is 19.6 Å². The number of methoxy groups -OCH3 is 3. The third-order valence-corrected chi connectivity index (χ3v) is 10.5. The number of likely N-dealkylation sites (tertiary alicyclic amines) is 1. The van der Waals surface area contributed by atoms with Crippen molar-refractivity contribution >= 4 is 22.9 Å². The number of nitrogens with one attached hydrogen (secondary N) is 1. The van der Waals surface area contributed by atoms with E-state index in [4.69, 9.17) is 19.2 Å². The molecule has 2 fully saturated rings. The highest BCUT2D eigenvalue weighted by Crippen LogP contribution is 2.42. The van der Waals surface area contributed by atoms with Crippen molar-refractivity contribution < 1.29 is 32.2 Å². The number of ether oxygens (including phenoxy) is 3. The van der Waals surface area contributed by atoms with Crippen molar-refractivity contribution in [1.82, 2.24) is 24.4 Å². The standard InChI is InChI=1S/C40H43F3N6O4/c1-51-35-22-28(23-36(52-2)37(35)53-3)38(50)47-17-15-40(26-47,29-10-13-31(42)32(43)24-29)14-16-46-18-20-48(21-19-46)45-39-44-33-6-4-5-7-34(33)49(39)25-27-8-11-30(41)12-9-27/h4-13,22-24H,14-21,25-26H2,1-3H3,(H,44,45). The summed E-state index contributed by atoms with van der Waals surface area (Å²) in [5.74, 6) is -0.430. The van der Waals surface area contributed by atoms with Crippen LogP contribution in [0.25, 0.3) is 11.0 Å². The number of carbonyl (C=O) groups excluding carboxylic acids is 1. The van der Waals surface area contributed by atoms with E-state index in [1.807, 2.05) is 24.3 Å². The number of rotatable bonds is 12. The Labute approximate surface area is 306 Å². The van der Waals surface area contributed by atoms with Gasteiger partial charge < -0.3 is 28.6 Å². The first-order valence-corrected chi connectivity index (χ1v) is 17.7. The number of hydrogen-bond acceptors (Lipinski definition) is 8. The van der Waals surface area contributed by atoms with Gasteiger partial charge in [-0.3, -0.25) is 10.2 Å². The number of hydrogen-bond donors (Lipinski definition) is 1. The van der Waals surface area contributed by atoms with Gasteiger partial charge in [-0.1, -0.05) is 30.3 Å². The Balaban J connectivity index is 1.04. The van der Waals surface area contributed by atoms with Gasteiger partial charge in [0.25, 0.3) is 5.91 Å². The van der Waals surface area contributed by atoms with Gasteiger partial charge >= 0.3 is 0 Å². The van der Waals surface area contributed by atoms with Gasteiger partial charge in [-0.2, -0.15) is 0 Å². The number of benzene rings is 4. The molecule has 278 valence electrons. The van der Waals surface area contributed by atoms with Crippen LogP contribution >= 0.6 is 0 Å². The third-order valence-electron chi connectivity index (χ3n) is 10.5. The molecule has 1 aromatic heterocycles. The lowest BCUT2D eigenvalue weighted by molar-refractivity contribution is 0.0778. The topological polar surface area (TPSA) is 84.3 Å². The summed E-state index contributed by atoms with van der Waals surface area (Å²) in [4.78, 5) is 22.9. The maximum Gasteiger partial charge on any atom is 0.254 e. The third kappa shape index (κ3) is 7.49. The van der Waals surface area contributed by atoms with E-state index in [2.05, 4.69) is 19.9 Å². The van der Waals surface area contributed by atoms with Crippen molar-refractivity contribution in [3.05, 3.63) is 113 Å². The zero-order valence-corrected chi connectivity index (χ0v) is 30.1. The minimum atomic E-state index is -0.901. The number of anilines is 1. The quantitative estimate of drug-likeness (QED) is 0.159. The predicted molar refractivity (Wildman–Crippen MR) is 196 cm³/mol. The summed E-state index contributed by atoms with van der Waals surface area (Å²) >= 11 is 0. The van der Waals surface area contributed by atoms with Crippen LogP contribution in [0.15, 0.2) is 78.9 Å².